The van der Waals surface area contributed by atoms with Crippen LogP contribution in [0.5, 0.6) is 0 Å². The molecule has 26 heavy (non-hydrogen) atoms. The largest absolute Gasteiger partial charge is 0.321 e. The van der Waals surface area contributed by atoms with Crippen LogP contribution in [0.2, 0.25) is 0 Å². The molecule has 0 fully saturated rings. The van der Waals surface area contributed by atoms with Crippen molar-refractivity contribution >= 4 is 17.7 Å². The smallest absolute Gasteiger partial charge is 0.266 e. The van der Waals surface area contributed by atoms with Gasteiger partial charge in [-0.25, -0.2) is 0 Å². The third kappa shape index (κ3) is 4.25. The van der Waals surface area contributed by atoms with Crippen molar-refractivity contribution in [1.82, 2.24) is 0 Å². The summed E-state index contributed by atoms with van der Waals surface area (Å²) in [4.78, 5) is 12.3. The molecule has 0 saturated heterocycles. The van der Waals surface area contributed by atoms with Crippen molar-refractivity contribution in [3.8, 4) is 17.2 Å². The van der Waals surface area contributed by atoms with E-state index >= 15 is 0 Å². The first-order valence-corrected chi connectivity index (χ1v) is 8.31. The Kier molecular flexibility index (Phi) is 5.26. The van der Waals surface area contributed by atoms with Crippen LogP contribution in [0.3, 0.4) is 0 Å². The van der Waals surface area contributed by atoms with Gasteiger partial charge in [0, 0.05) is 5.69 Å². The van der Waals surface area contributed by atoms with Crippen LogP contribution in [0, 0.1) is 18.3 Å². The number of hydrogen-bond donors (Lipinski definition) is 1. The fourth-order valence-electron chi connectivity index (χ4n) is 2.64. The summed E-state index contributed by atoms with van der Waals surface area (Å²) in [7, 11) is 0. The molecule has 0 bridgehead atoms. The number of rotatable bonds is 4. The molecule has 0 aliphatic heterocycles. The molecule has 0 aliphatic rings. The number of carbonyl (C=O) groups excluding carboxylic acids is 1. The number of aryl methyl sites for hydroxylation is 1. The van der Waals surface area contributed by atoms with Gasteiger partial charge in [-0.3, -0.25) is 4.79 Å². The fourth-order valence-corrected chi connectivity index (χ4v) is 2.64. The van der Waals surface area contributed by atoms with Crippen molar-refractivity contribution in [2.75, 3.05) is 5.32 Å². The molecule has 0 spiro atoms. The highest BCUT2D eigenvalue weighted by Crippen LogP contribution is 2.20. The Bertz CT molecular complexity index is 981. The van der Waals surface area contributed by atoms with E-state index < -0.39 is 5.91 Å². The van der Waals surface area contributed by atoms with Crippen LogP contribution in [-0.2, 0) is 4.79 Å². The highest BCUT2D eigenvalue weighted by Gasteiger charge is 2.09. The zero-order chi connectivity index (χ0) is 18.4. The average Bonchev–Trinajstić information content (AvgIpc) is 2.67. The Hall–Kier alpha value is -3.64. The third-order valence-corrected chi connectivity index (χ3v) is 3.97. The van der Waals surface area contributed by atoms with E-state index in [9.17, 15) is 10.1 Å². The third-order valence-electron chi connectivity index (χ3n) is 3.97. The minimum absolute atomic E-state index is 0.0685. The van der Waals surface area contributed by atoms with E-state index in [0.29, 0.717) is 5.69 Å². The molecule has 0 saturated carbocycles. The number of benzene rings is 3. The van der Waals surface area contributed by atoms with Gasteiger partial charge >= 0.3 is 0 Å². The predicted octanol–water partition coefficient (Wildman–Crippen LogP) is 5.21. The topological polar surface area (TPSA) is 52.9 Å². The van der Waals surface area contributed by atoms with Gasteiger partial charge in [-0.2, -0.15) is 5.26 Å². The first-order valence-electron chi connectivity index (χ1n) is 8.31. The van der Waals surface area contributed by atoms with Crippen LogP contribution in [0.1, 0.15) is 11.1 Å². The molecule has 0 unspecified atom stereocenters. The van der Waals surface area contributed by atoms with Crippen molar-refractivity contribution < 1.29 is 4.79 Å². The standard InChI is InChI=1S/C23H18N2O/c1-17-6-5-9-22(14-17)25-23(26)21(16-24)15-18-10-12-20(13-11-18)19-7-3-2-4-8-19/h2-15H,1H3,(H,25,26)/b21-15+. The zero-order valence-corrected chi connectivity index (χ0v) is 14.4. The van der Waals surface area contributed by atoms with E-state index in [1.54, 1.807) is 12.1 Å². The normalized spacial score (nSPS) is 10.8. The van der Waals surface area contributed by atoms with Crippen molar-refractivity contribution in [1.29, 1.82) is 5.26 Å². The lowest BCUT2D eigenvalue weighted by Gasteiger charge is -2.05. The second-order valence-electron chi connectivity index (χ2n) is 5.98. The van der Waals surface area contributed by atoms with Gasteiger partial charge in [0.15, 0.2) is 0 Å². The van der Waals surface area contributed by atoms with Crippen molar-refractivity contribution in [3.05, 3.63) is 95.6 Å². The molecular weight excluding hydrogens is 320 g/mol. The van der Waals surface area contributed by atoms with Crippen LogP contribution in [0.25, 0.3) is 17.2 Å². The molecule has 3 aromatic rings. The van der Waals surface area contributed by atoms with Crippen molar-refractivity contribution in [2.24, 2.45) is 0 Å². The maximum atomic E-state index is 12.3. The van der Waals surface area contributed by atoms with Gasteiger partial charge in [0.2, 0.25) is 0 Å². The second-order valence-corrected chi connectivity index (χ2v) is 5.98. The Morgan fingerprint density at radius 3 is 2.27 bits per heavy atom. The molecule has 0 aliphatic carbocycles. The van der Waals surface area contributed by atoms with Gasteiger partial charge in [0.05, 0.1) is 0 Å². The van der Waals surface area contributed by atoms with Gasteiger partial charge in [-0.05, 0) is 47.4 Å². The molecular formula is C23H18N2O. The van der Waals surface area contributed by atoms with Gasteiger partial charge in [-0.15, -0.1) is 0 Å². The molecule has 1 amide bonds. The van der Waals surface area contributed by atoms with Crippen LogP contribution in [0.15, 0.2) is 84.4 Å². The summed E-state index contributed by atoms with van der Waals surface area (Å²) in [5.41, 5.74) is 4.81. The summed E-state index contributed by atoms with van der Waals surface area (Å²) in [6, 6.07) is 27.3. The quantitative estimate of drug-likeness (QED) is 0.524. The van der Waals surface area contributed by atoms with Gasteiger partial charge < -0.3 is 5.32 Å². The monoisotopic (exact) mass is 338 g/mol. The minimum atomic E-state index is -0.412. The maximum absolute atomic E-state index is 12.3. The van der Waals surface area contributed by atoms with Crippen LogP contribution in [-0.4, -0.2) is 5.91 Å². The number of nitriles is 1. The zero-order valence-electron chi connectivity index (χ0n) is 14.4. The minimum Gasteiger partial charge on any atom is -0.321 e. The molecule has 126 valence electrons. The molecule has 0 atom stereocenters. The molecule has 3 aromatic carbocycles. The summed E-state index contributed by atoms with van der Waals surface area (Å²) in [5.74, 6) is -0.412. The Morgan fingerprint density at radius 2 is 1.62 bits per heavy atom. The number of hydrogen-bond acceptors (Lipinski definition) is 2. The summed E-state index contributed by atoms with van der Waals surface area (Å²) in [6.07, 6.45) is 1.60. The summed E-state index contributed by atoms with van der Waals surface area (Å²) >= 11 is 0. The SMILES string of the molecule is Cc1cccc(NC(=O)/C(C#N)=C/c2ccc(-c3ccccc3)cc2)c1. The first kappa shape index (κ1) is 17.2. The van der Waals surface area contributed by atoms with Crippen LogP contribution >= 0.6 is 0 Å². The first-order chi connectivity index (χ1) is 12.7. The Balaban J connectivity index is 1.78. The van der Waals surface area contributed by atoms with E-state index in [0.717, 1.165) is 22.3 Å². The van der Waals surface area contributed by atoms with E-state index in [4.69, 9.17) is 0 Å². The molecule has 0 aromatic heterocycles. The molecule has 1 N–H and O–H groups in total. The van der Waals surface area contributed by atoms with Crippen molar-refractivity contribution in [2.45, 2.75) is 6.92 Å². The van der Waals surface area contributed by atoms with Gasteiger partial charge in [0.25, 0.3) is 5.91 Å². The molecule has 3 nitrogen and oxygen atoms in total. The molecule has 0 heterocycles. The lowest BCUT2D eigenvalue weighted by Crippen LogP contribution is -2.13. The van der Waals surface area contributed by atoms with Crippen LogP contribution < -0.4 is 5.32 Å². The summed E-state index contributed by atoms with van der Waals surface area (Å²) < 4.78 is 0. The Labute approximate surface area is 153 Å². The highest BCUT2D eigenvalue weighted by atomic mass is 16.1. The second kappa shape index (κ2) is 7.96. The van der Waals surface area contributed by atoms with E-state index in [1.165, 1.54) is 0 Å². The molecule has 0 radical (unpaired) electrons. The fraction of sp³-hybridized carbons (Fsp3) is 0.0435. The highest BCUT2D eigenvalue weighted by molar-refractivity contribution is 6.09. The molecule has 3 rings (SSSR count). The Morgan fingerprint density at radius 1 is 0.923 bits per heavy atom. The molecule has 3 heteroatoms. The van der Waals surface area contributed by atoms with Gasteiger partial charge in [-0.1, -0.05) is 66.7 Å². The summed E-state index contributed by atoms with van der Waals surface area (Å²) in [6.45, 7) is 1.95. The number of nitrogens with zero attached hydrogens (tertiary/aromatic N) is 1. The maximum Gasteiger partial charge on any atom is 0.266 e. The van der Waals surface area contributed by atoms with Crippen LogP contribution in [0.4, 0.5) is 5.69 Å². The number of nitrogens with one attached hydrogen (secondary N) is 1. The van der Waals surface area contributed by atoms with E-state index in [1.807, 2.05) is 85.8 Å². The number of anilines is 1. The van der Waals surface area contributed by atoms with E-state index in [-0.39, 0.29) is 5.57 Å². The average molecular weight is 338 g/mol. The number of carbonyl (C=O) groups is 1. The predicted molar refractivity (Wildman–Crippen MR) is 105 cm³/mol. The van der Waals surface area contributed by atoms with E-state index in [2.05, 4.69) is 5.32 Å². The lowest BCUT2D eigenvalue weighted by molar-refractivity contribution is -0.112. The summed E-state index contributed by atoms with van der Waals surface area (Å²) in [5, 5.41) is 12.1. The van der Waals surface area contributed by atoms with Crippen molar-refractivity contribution in [3.63, 3.8) is 0 Å². The van der Waals surface area contributed by atoms with Gasteiger partial charge in [0.1, 0.15) is 11.6 Å². The number of amides is 1. The lowest BCUT2D eigenvalue weighted by atomic mass is 10.0.